The van der Waals surface area contributed by atoms with E-state index in [0.29, 0.717) is 30.5 Å². The molecule has 1 aromatic rings. The maximum absolute atomic E-state index is 12.7. The van der Waals surface area contributed by atoms with Crippen LogP contribution in [0.4, 0.5) is 4.39 Å². The highest BCUT2D eigenvalue weighted by Gasteiger charge is 2.43. The van der Waals surface area contributed by atoms with Gasteiger partial charge < -0.3 is 10.1 Å². The van der Waals surface area contributed by atoms with Crippen LogP contribution in [-0.2, 0) is 0 Å². The summed E-state index contributed by atoms with van der Waals surface area (Å²) in [5.41, 5.74) is 0. The van der Waals surface area contributed by atoms with E-state index in [1.54, 1.807) is 6.07 Å². The Balaban J connectivity index is 1.55. The maximum Gasteiger partial charge on any atom is 0.213 e. The van der Waals surface area contributed by atoms with Crippen molar-refractivity contribution in [1.29, 1.82) is 0 Å². The summed E-state index contributed by atoms with van der Waals surface area (Å²) in [5.74, 6) is 1.68. The van der Waals surface area contributed by atoms with Crippen molar-refractivity contribution in [2.75, 3.05) is 6.61 Å². The fraction of sp³-hybridized carbons (Fsp3) is 0.615. The van der Waals surface area contributed by atoms with Gasteiger partial charge in [0.25, 0.3) is 0 Å². The predicted molar refractivity (Wildman–Crippen MR) is 62.3 cm³/mol. The van der Waals surface area contributed by atoms with Gasteiger partial charge in [-0.3, -0.25) is 0 Å². The van der Waals surface area contributed by atoms with Gasteiger partial charge in [0, 0.05) is 18.2 Å². The number of halogens is 1. The molecule has 0 unspecified atom stereocenters. The summed E-state index contributed by atoms with van der Waals surface area (Å²) in [6, 6.07) is 4.03. The molecule has 1 saturated carbocycles. The Morgan fingerprint density at radius 3 is 2.94 bits per heavy atom. The molecule has 2 atom stereocenters. The van der Waals surface area contributed by atoms with Crippen LogP contribution in [0.15, 0.2) is 18.3 Å². The minimum atomic E-state index is -0.331. The summed E-state index contributed by atoms with van der Waals surface area (Å²) in [5, 5.41) is 3.59. The van der Waals surface area contributed by atoms with Gasteiger partial charge in [-0.05, 0) is 30.7 Å². The minimum absolute atomic E-state index is 0.331. The van der Waals surface area contributed by atoms with E-state index >= 15 is 0 Å². The quantitative estimate of drug-likeness (QED) is 0.871. The largest absolute Gasteiger partial charge is 0.476 e. The van der Waals surface area contributed by atoms with E-state index in [0.717, 1.165) is 5.92 Å². The van der Waals surface area contributed by atoms with Gasteiger partial charge in [0.1, 0.15) is 12.4 Å². The molecule has 3 aliphatic rings. The first-order chi connectivity index (χ1) is 8.22. The van der Waals surface area contributed by atoms with Crippen LogP contribution in [0.5, 0.6) is 5.88 Å². The van der Waals surface area contributed by atoms with Crippen LogP contribution < -0.4 is 10.1 Å². The molecule has 0 radical (unpaired) electrons. The molecule has 1 aliphatic carbocycles. The van der Waals surface area contributed by atoms with Gasteiger partial charge in [-0.1, -0.05) is 6.92 Å². The van der Waals surface area contributed by atoms with E-state index in [1.165, 1.54) is 25.1 Å². The Morgan fingerprint density at radius 1 is 1.47 bits per heavy atom. The number of hydrogen-bond donors (Lipinski definition) is 1. The van der Waals surface area contributed by atoms with Crippen molar-refractivity contribution in [3.8, 4) is 5.88 Å². The number of fused-ring (bicyclic) bond motifs is 2. The van der Waals surface area contributed by atoms with Crippen LogP contribution in [-0.4, -0.2) is 23.7 Å². The second-order valence-corrected chi connectivity index (χ2v) is 5.19. The highest BCUT2D eigenvalue weighted by atomic mass is 19.1. The van der Waals surface area contributed by atoms with Gasteiger partial charge in [-0.15, -0.1) is 0 Å². The van der Waals surface area contributed by atoms with E-state index in [2.05, 4.69) is 17.2 Å². The van der Waals surface area contributed by atoms with E-state index in [9.17, 15) is 4.39 Å². The highest BCUT2D eigenvalue weighted by molar-refractivity contribution is 5.11. The summed E-state index contributed by atoms with van der Waals surface area (Å²) in [6.45, 7) is 2.89. The van der Waals surface area contributed by atoms with Crippen molar-refractivity contribution < 1.29 is 9.13 Å². The third-order valence-electron chi connectivity index (χ3n) is 4.11. The Kier molecular flexibility index (Phi) is 2.74. The molecule has 0 aromatic carbocycles. The van der Waals surface area contributed by atoms with Crippen molar-refractivity contribution in [2.45, 2.75) is 31.8 Å². The SMILES string of the molecule is C[C@@H]1C2CC(C2)N[C@@H]1COc1ccc(F)cn1. The summed E-state index contributed by atoms with van der Waals surface area (Å²) in [4.78, 5) is 3.89. The van der Waals surface area contributed by atoms with Crippen LogP contribution >= 0.6 is 0 Å². The van der Waals surface area contributed by atoms with Gasteiger partial charge >= 0.3 is 0 Å². The lowest BCUT2D eigenvalue weighted by atomic mass is 9.66. The molecule has 92 valence electrons. The molecule has 1 N–H and O–H groups in total. The molecule has 0 spiro atoms. The number of piperidine rings is 2. The molecule has 17 heavy (non-hydrogen) atoms. The summed E-state index contributed by atoms with van der Waals surface area (Å²) >= 11 is 0. The number of hydrogen-bond acceptors (Lipinski definition) is 3. The van der Waals surface area contributed by atoms with Gasteiger partial charge in [-0.2, -0.15) is 0 Å². The van der Waals surface area contributed by atoms with Gasteiger partial charge in [0.15, 0.2) is 0 Å². The lowest BCUT2D eigenvalue weighted by Gasteiger charge is -2.50. The van der Waals surface area contributed by atoms with Crippen LogP contribution in [0, 0.1) is 17.7 Å². The zero-order valence-corrected chi connectivity index (χ0v) is 9.90. The first-order valence-electron chi connectivity index (χ1n) is 6.23. The summed E-state index contributed by atoms with van der Waals surface area (Å²) < 4.78 is 18.3. The monoisotopic (exact) mass is 236 g/mol. The molecule has 3 heterocycles. The molecule has 2 aliphatic heterocycles. The minimum Gasteiger partial charge on any atom is -0.476 e. The molecule has 4 heteroatoms. The predicted octanol–water partition coefficient (Wildman–Crippen LogP) is 1.99. The molecule has 2 bridgehead atoms. The van der Waals surface area contributed by atoms with E-state index in [1.807, 2.05) is 0 Å². The number of nitrogens with one attached hydrogen (secondary N) is 1. The number of ether oxygens (including phenoxy) is 1. The van der Waals surface area contributed by atoms with E-state index in [4.69, 9.17) is 4.74 Å². The van der Waals surface area contributed by atoms with E-state index in [-0.39, 0.29) is 5.82 Å². The average Bonchev–Trinajstić information content (AvgIpc) is 2.28. The fourth-order valence-electron chi connectivity index (χ4n) is 2.83. The maximum atomic E-state index is 12.7. The van der Waals surface area contributed by atoms with Crippen molar-refractivity contribution in [2.24, 2.45) is 11.8 Å². The third-order valence-corrected chi connectivity index (χ3v) is 4.11. The van der Waals surface area contributed by atoms with Gasteiger partial charge in [-0.25, -0.2) is 9.37 Å². The molecule has 4 rings (SSSR count). The lowest BCUT2D eigenvalue weighted by molar-refractivity contribution is 0.0326. The highest BCUT2D eigenvalue weighted by Crippen LogP contribution is 2.40. The Morgan fingerprint density at radius 2 is 2.29 bits per heavy atom. The van der Waals surface area contributed by atoms with Crippen molar-refractivity contribution in [3.05, 3.63) is 24.1 Å². The normalized spacial score (nSPS) is 35.2. The van der Waals surface area contributed by atoms with Crippen LogP contribution in [0.3, 0.4) is 0 Å². The molecule has 1 aromatic heterocycles. The zero-order chi connectivity index (χ0) is 11.8. The molecular weight excluding hydrogens is 219 g/mol. The van der Waals surface area contributed by atoms with E-state index < -0.39 is 0 Å². The average molecular weight is 236 g/mol. The van der Waals surface area contributed by atoms with Crippen molar-refractivity contribution in [3.63, 3.8) is 0 Å². The van der Waals surface area contributed by atoms with Crippen LogP contribution in [0.25, 0.3) is 0 Å². The molecule has 3 nitrogen and oxygen atoms in total. The van der Waals surface area contributed by atoms with Gasteiger partial charge in [0.2, 0.25) is 5.88 Å². The topological polar surface area (TPSA) is 34.1 Å². The molecule has 0 amide bonds. The Bertz CT molecular complexity index is 389. The smallest absolute Gasteiger partial charge is 0.213 e. The van der Waals surface area contributed by atoms with Crippen molar-refractivity contribution >= 4 is 0 Å². The third kappa shape index (κ3) is 2.14. The summed E-state index contributed by atoms with van der Waals surface area (Å²) in [6.07, 6.45) is 3.81. The molecule has 2 saturated heterocycles. The van der Waals surface area contributed by atoms with Crippen molar-refractivity contribution in [1.82, 2.24) is 10.3 Å². The molecule has 3 fully saturated rings. The Hall–Kier alpha value is -1.16. The van der Waals surface area contributed by atoms with Crippen LogP contribution in [0.2, 0.25) is 0 Å². The standard InChI is InChI=1S/C13H17FN2O/c1-8-9-4-11(5-9)16-12(8)7-17-13-3-2-10(14)6-15-13/h2-3,6,8-9,11-12,16H,4-5,7H2,1H3/t8-,9?,11?,12-/m1/s1. The zero-order valence-electron chi connectivity index (χ0n) is 9.90. The summed E-state index contributed by atoms with van der Waals surface area (Å²) in [7, 11) is 0. The van der Waals surface area contributed by atoms with Crippen LogP contribution in [0.1, 0.15) is 19.8 Å². The molecular formula is C13H17FN2O. The second kappa shape index (κ2) is 4.26. The second-order valence-electron chi connectivity index (χ2n) is 5.19. The first-order valence-corrected chi connectivity index (χ1v) is 6.23. The number of nitrogens with zero attached hydrogens (tertiary/aromatic N) is 1. The number of aromatic nitrogens is 1. The number of rotatable bonds is 3. The first kappa shape index (κ1) is 11.0. The van der Waals surface area contributed by atoms with Gasteiger partial charge in [0.05, 0.1) is 6.20 Å². The Labute approximate surface area is 100 Å². The number of pyridine rings is 1. The fourth-order valence-corrected chi connectivity index (χ4v) is 2.83. The lowest BCUT2D eigenvalue weighted by Crippen LogP contribution is -2.60.